The van der Waals surface area contributed by atoms with Gasteiger partial charge in [0, 0.05) is 25.5 Å². The summed E-state index contributed by atoms with van der Waals surface area (Å²) < 4.78 is 10.8. The molecule has 0 aliphatic carbocycles. The molecule has 0 saturated carbocycles. The summed E-state index contributed by atoms with van der Waals surface area (Å²) in [5, 5.41) is 6.35. The first-order valence-corrected chi connectivity index (χ1v) is 7.99. The van der Waals surface area contributed by atoms with Crippen LogP contribution in [0.4, 0.5) is 17.5 Å². The topological polar surface area (TPSA) is 68.3 Å². The van der Waals surface area contributed by atoms with Crippen LogP contribution in [-0.2, 0) is 4.74 Å². The fourth-order valence-electron chi connectivity index (χ4n) is 2.16. The second kappa shape index (κ2) is 8.65. The molecule has 1 heterocycles. The van der Waals surface area contributed by atoms with Gasteiger partial charge in [0.2, 0.25) is 5.95 Å². The van der Waals surface area contributed by atoms with E-state index >= 15 is 0 Å². The Bertz CT molecular complexity index is 779. The lowest BCUT2D eigenvalue weighted by molar-refractivity contribution is 0.210. The Labute approximate surface area is 146 Å². The average Bonchev–Trinajstić information content (AvgIpc) is 2.65. The van der Waals surface area contributed by atoms with Gasteiger partial charge < -0.3 is 20.1 Å². The Kier molecular flexibility index (Phi) is 5.79. The lowest BCUT2D eigenvalue weighted by Gasteiger charge is -2.09. The van der Waals surface area contributed by atoms with Gasteiger partial charge in [-0.05, 0) is 42.5 Å². The molecular weight excluding hydrogens is 316 g/mol. The zero-order chi connectivity index (χ0) is 17.3. The number of methoxy groups -OCH3 is 1. The molecule has 25 heavy (non-hydrogen) atoms. The number of hydrogen-bond donors (Lipinski definition) is 2. The van der Waals surface area contributed by atoms with Gasteiger partial charge in [-0.3, -0.25) is 0 Å². The number of nitrogens with zero attached hydrogens (tertiary/aromatic N) is 2. The normalized spacial score (nSPS) is 10.3. The molecule has 3 aromatic rings. The molecule has 0 spiro atoms. The van der Waals surface area contributed by atoms with E-state index in [0.29, 0.717) is 24.9 Å². The first kappa shape index (κ1) is 16.7. The molecule has 0 aliphatic rings. The van der Waals surface area contributed by atoms with Crippen LogP contribution in [0, 0.1) is 0 Å². The Morgan fingerprint density at radius 3 is 2.44 bits per heavy atom. The Hall–Kier alpha value is -3.12. The quantitative estimate of drug-likeness (QED) is 0.604. The molecule has 0 unspecified atom stereocenters. The smallest absolute Gasteiger partial charge is 0.224 e. The van der Waals surface area contributed by atoms with Crippen LogP contribution in [0.3, 0.4) is 0 Å². The number of ether oxygens (including phenoxy) is 2. The Morgan fingerprint density at radius 1 is 0.920 bits per heavy atom. The Balaban J connectivity index is 1.60. The van der Waals surface area contributed by atoms with Gasteiger partial charge in [0.25, 0.3) is 0 Å². The molecule has 0 aliphatic heterocycles. The number of benzene rings is 2. The molecule has 1 aromatic heterocycles. The van der Waals surface area contributed by atoms with Crippen molar-refractivity contribution in [3.8, 4) is 11.5 Å². The number of aromatic nitrogens is 2. The molecule has 2 aromatic carbocycles. The van der Waals surface area contributed by atoms with Crippen molar-refractivity contribution in [3.63, 3.8) is 0 Å². The highest BCUT2D eigenvalue weighted by Gasteiger charge is 2.01. The molecule has 0 saturated heterocycles. The van der Waals surface area contributed by atoms with Crippen LogP contribution in [-0.4, -0.2) is 30.2 Å². The van der Waals surface area contributed by atoms with Crippen LogP contribution >= 0.6 is 0 Å². The molecule has 128 valence electrons. The predicted molar refractivity (Wildman–Crippen MR) is 98.6 cm³/mol. The maximum atomic E-state index is 5.78. The minimum Gasteiger partial charge on any atom is -0.457 e. The van der Waals surface area contributed by atoms with Crippen molar-refractivity contribution in [1.82, 2.24) is 9.97 Å². The van der Waals surface area contributed by atoms with Crippen molar-refractivity contribution in [2.75, 3.05) is 30.9 Å². The molecule has 3 rings (SSSR count). The van der Waals surface area contributed by atoms with Gasteiger partial charge in [0.1, 0.15) is 17.3 Å². The van der Waals surface area contributed by atoms with Crippen LogP contribution < -0.4 is 15.4 Å². The van der Waals surface area contributed by atoms with Crippen molar-refractivity contribution in [1.29, 1.82) is 0 Å². The second-order valence-electron chi connectivity index (χ2n) is 5.25. The third kappa shape index (κ3) is 5.19. The van der Waals surface area contributed by atoms with Gasteiger partial charge in [0.05, 0.1) is 6.61 Å². The summed E-state index contributed by atoms with van der Waals surface area (Å²) in [7, 11) is 1.66. The van der Waals surface area contributed by atoms with E-state index in [0.717, 1.165) is 17.2 Å². The highest BCUT2D eigenvalue weighted by Crippen LogP contribution is 2.24. The molecular formula is C19H20N4O2. The molecule has 2 N–H and O–H groups in total. The zero-order valence-corrected chi connectivity index (χ0v) is 14.0. The monoisotopic (exact) mass is 336 g/mol. The van der Waals surface area contributed by atoms with Crippen LogP contribution in [0.5, 0.6) is 11.5 Å². The van der Waals surface area contributed by atoms with Crippen molar-refractivity contribution >= 4 is 17.5 Å². The van der Waals surface area contributed by atoms with Crippen molar-refractivity contribution in [3.05, 3.63) is 66.9 Å². The van der Waals surface area contributed by atoms with Gasteiger partial charge in [-0.25, -0.2) is 4.98 Å². The van der Waals surface area contributed by atoms with Crippen LogP contribution in [0.15, 0.2) is 66.9 Å². The molecule has 0 fully saturated rings. The summed E-state index contributed by atoms with van der Waals surface area (Å²) >= 11 is 0. The summed E-state index contributed by atoms with van der Waals surface area (Å²) in [5.41, 5.74) is 0.918. The van der Waals surface area contributed by atoms with Crippen molar-refractivity contribution < 1.29 is 9.47 Å². The third-order valence-electron chi connectivity index (χ3n) is 3.35. The van der Waals surface area contributed by atoms with Gasteiger partial charge in [-0.15, -0.1) is 0 Å². The third-order valence-corrected chi connectivity index (χ3v) is 3.35. The number of rotatable bonds is 8. The summed E-state index contributed by atoms with van der Waals surface area (Å²) in [4.78, 5) is 8.59. The predicted octanol–water partition coefficient (Wildman–Crippen LogP) is 4.07. The minimum absolute atomic E-state index is 0.561. The van der Waals surface area contributed by atoms with Crippen LogP contribution in [0.25, 0.3) is 0 Å². The molecule has 6 heteroatoms. The van der Waals surface area contributed by atoms with E-state index in [4.69, 9.17) is 9.47 Å². The number of hydrogen-bond acceptors (Lipinski definition) is 6. The Morgan fingerprint density at radius 2 is 1.68 bits per heavy atom. The molecule has 0 atom stereocenters. The standard InChI is InChI=1S/C19H20N4O2/c1-24-14-13-21-19-20-12-11-18(23-19)22-15-7-9-17(10-8-15)25-16-5-3-2-4-6-16/h2-12H,13-14H2,1H3,(H2,20,21,22,23). The van der Waals surface area contributed by atoms with E-state index in [-0.39, 0.29) is 0 Å². The summed E-state index contributed by atoms with van der Waals surface area (Å²) in [6.07, 6.45) is 1.71. The summed E-state index contributed by atoms with van der Waals surface area (Å²) in [6.45, 7) is 1.26. The van der Waals surface area contributed by atoms with Gasteiger partial charge >= 0.3 is 0 Å². The highest BCUT2D eigenvalue weighted by atomic mass is 16.5. The lowest BCUT2D eigenvalue weighted by atomic mass is 10.3. The average molecular weight is 336 g/mol. The van der Waals surface area contributed by atoms with E-state index in [1.54, 1.807) is 13.3 Å². The molecule has 6 nitrogen and oxygen atoms in total. The van der Waals surface area contributed by atoms with Crippen LogP contribution in [0.1, 0.15) is 0 Å². The fraction of sp³-hybridized carbons (Fsp3) is 0.158. The van der Waals surface area contributed by atoms with E-state index in [9.17, 15) is 0 Å². The fourth-order valence-corrected chi connectivity index (χ4v) is 2.16. The van der Waals surface area contributed by atoms with Gasteiger partial charge in [-0.1, -0.05) is 18.2 Å². The molecule has 0 radical (unpaired) electrons. The van der Waals surface area contributed by atoms with Gasteiger partial charge in [0.15, 0.2) is 0 Å². The van der Waals surface area contributed by atoms with E-state index < -0.39 is 0 Å². The first-order valence-electron chi connectivity index (χ1n) is 7.99. The minimum atomic E-state index is 0.561. The summed E-state index contributed by atoms with van der Waals surface area (Å²) in [5.74, 6) is 2.87. The van der Waals surface area contributed by atoms with Crippen molar-refractivity contribution in [2.24, 2.45) is 0 Å². The molecule has 0 amide bonds. The maximum Gasteiger partial charge on any atom is 0.224 e. The summed E-state index contributed by atoms with van der Waals surface area (Å²) in [6, 6.07) is 19.2. The first-order chi connectivity index (χ1) is 12.3. The highest BCUT2D eigenvalue weighted by molar-refractivity contribution is 5.58. The van der Waals surface area contributed by atoms with Crippen molar-refractivity contribution in [2.45, 2.75) is 0 Å². The SMILES string of the molecule is COCCNc1nccc(Nc2ccc(Oc3ccccc3)cc2)n1. The maximum absolute atomic E-state index is 5.78. The van der Waals surface area contributed by atoms with E-state index in [1.165, 1.54) is 0 Å². The number of nitrogens with one attached hydrogen (secondary N) is 2. The lowest BCUT2D eigenvalue weighted by Crippen LogP contribution is -2.10. The molecule has 0 bridgehead atoms. The largest absolute Gasteiger partial charge is 0.457 e. The number of para-hydroxylation sites is 1. The zero-order valence-electron chi connectivity index (χ0n) is 14.0. The van der Waals surface area contributed by atoms with Gasteiger partial charge in [-0.2, -0.15) is 4.98 Å². The van der Waals surface area contributed by atoms with E-state index in [1.807, 2.05) is 60.7 Å². The number of anilines is 3. The second-order valence-corrected chi connectivity index (χ2v) is 5.25. The van der Waals surface area contributed by atoms with Crippen LogP contribution in [0.2, 0.25) is 0 Å². The van der Waals surface area contributed by atoms with E-state index in [2.05, 4.69) is 20.6 Å².